The van der Waals surface area contributed by atoms with E-state index in [1.54, 1.807) is 12.0 Å². The fourth-order valence-corrected chi connectivity index (χ4v) is 2.57. The van der Waals surface area contributed by atoms with E-state index in [1.165, 1.54) is 12.8 Å². The summed E-state index contributed by atoms with van der Waals surface area (Å²) in [5.74, 6) is 2.11. The number of benzene rings is 1. The van der Waals surface area contributed by atoms with Gasteiger partial charge in [0.15, 0.2) is 0 Å². The molecule has 0 atom stereocenters. The minimum absolute atomic E-state index is 0.237. The van der Waals surface area contributed by atoms with Gasteiger partial charge in [0, 0.05) is 13.0 Å². The number of carbonyl (C=O) groups is 1. The van der Waals surface area contributed by atoms with Crippen LogP contribution in [0.5, 0.6) is 11.5 Å². The summed E-state index contributed by atoms with van der Waals surface area (Å²) in [7, 11) is 3.50. The Morgan fingerprint density at radius 2 is 1.80 bits per heavy atom. The molecule has 1 fully saturated rings. The molecule has 0 N–H and O–H groups in total. The van der Waals surface area contributed by atoms with Crippen LogP contribution in [0, 0.1) is 5.92 Å². The lowest BCUT2D eigenvalue weighted by Crippen LogP contribution is -2.34. The Bertz CT molecular complexity index is 424. The SMILES string of the molecule is COc1ccc(OCCN(C)C(=O)C2CCCC2)cc1. The topological polar surface area (TPSA) is 38.8 Å². The van der Waals surface area contributed by atoms with Gasteiger partial charge in [0.2, 0.25) is 5.91 Å². The molecule has 1 aromatic rings. The highest BCUT2D eigenvalue weighted by Crippen LogP contribution is 2.26. The summed E-state index contributed by atoms with van der Waals surface area (Å²) in [6.45, 7) is 1.14. The van der Waals surface area contributed by atoms with Crippen LogP contribution in [-0.2, 0) is 4.79 Å². The summed E-state index contributed by atoms with van der Waals surface area (Å²) < 4.78 is 10.7. The van der Waals surface area contributed by atoms with E-state index in [9.17, 15) is 4.79 Å². The van der Waals surface area contributed by atoms with Crippen LogP contribution < -0.4 is 9.47 Å². The molecular formula is C16H23NO3. The minimum atomic E-state index is 0.237. The molecule has 1 aromatic carbocycles. The van der Waals surface area contributed by atoms with Gasteiger partial charge in [-0.2, -0.15) is 0 Å². The van der Waals surface area contributed by atoms with E-state index < -0.39 is 0 Å². The largest absolute Gasteiger partial charge is 0.497 e. The standard InChI is InChI=1S/C16H23NO3/c1-17(16(18)13-5-3-4-6-13)11-12-20-15-9-7-14(19-2)8-10-15/h7-10,13H,3-6,11-12H2,1-2H3. The molecule has 1 amide bonds. The van der Waals surface area contributed by atoms with Gasteiger partial charge in [0.1, 0.15) is 18.1 Å². The summed E-state index contributed by atoms with van der Waals surface area (Å²) in [6.07, 6.45) is 4.46. The number of hydrogen-bond acceptors (Lipinski definition) is 3. The van der Waals surface area contributed by atoms with Gasteiger partial charge in [-0.1, -0.05) is 12.8 Å². The van der Waals surface area contributed by atoms with Crippen molar-refractivity contribution in [3.05, 3.63) is 24.3 Å². The van der Waals surface area contributed by atoms with Crippen molar-refractivity contribution in [2.24, 2.45) is 5.92 Å². The van der Waals surface area contributed by atoms with E-state index in [-0.39, 0.29) is 11.8 Å². The monoisotopic (exact) mass is 277 g/mol. The lowest BCUT2D eigenvalue weighted by molar-refractivity contribution is -0.134. The molecule has 1 aliphatic carbocycles. The molecule has 20 heavy (non-hydrogen) atoms. The van der Waals surface area contributed by atoms with Crippen LogP contribution in [0.25, 0.3) is 0 Å². The van der Waals surface area contributed by atoms with Crippen LogP contribution in [0.2, 0.25) is 0 Å². The average Bonchev–Trinajstić information content (AvgIpc) is 3.01. The third-order valence-corrected chi connectivity index (χ3v) is 3.84. The maximum Gasteiger partial charge on any atom is 0.225 e. The Morgan fingerprint density at radius 1 is 1.20 bits per heavy atom. The van der Waals surface area contributed by atoms with Crippen LogP contribution >= 0.6 is 0 Å². The second-order valence-corrected chi connectivity index (χ2v) is 5.27. The van der Waals surface area contributed by atoms with Crippen LogP contribution in [-0.4, -0.2) is 38.1 Å². The molecule has 1 aliphatic rings. The first-order valence-corrected chi connectivity index (χ1v) is 7.22. The van der Waals surface area contributed by atoms with Crippen molar-refractivity contribution in [3.8, 4) is 11.5 Å². The Kier molecular flexibility index (Phi) is 5.27. The van der Waals surface area contributed by atoms with E-state index in [4.69, 9.17) is 9.47 Å². The van der Waals surface area contributed by atoms with Gasteiger partial charge in [-0.05, 0) is 37.1 Å². The molecular weight excluding hydrogens is 254 g/mol. The molecule has 4 nitrogen and oxygen atoms in total. The van der Waals surface area contributed by atoms with Gasteiger partial charge < -0.3 is 14.4 Å². The highest BCUT2D eigenvalue weighted by atomic mass is 16.5. The van der Waals surface area contributed by atoms with Crippen molar-refractivity contribution in [3.63, 3.8) is 0 Å². The first kappa shape index (κ1) is 14.7. The minimum Gasteiger partial charge on any atom is -0.497 e. The van der Waals surface area contributed by atoms with Crippen molar-refractivity contribution in [2.75, 3.05) is 27.3 Å². The Labute approximate surface area is 120 Å². The predicted molar refractivity (Wildman–Crippen MR) is 78.1 cm³/mol. The Hall–Kier alpha value is -1.71. The summed E-state index contributed by atoms with van der Waals surface area (Å²) in [6, 6.07) is 7.47. The van der Waals surface area contributed by atoms with E-state index in [0.717, 1.165) is 24.3 Å². The Morgan fingerprint density at radius 3 is 2.40 bits per heavy atom. The molecule has 0 bridgehead atoms. The second-order valence-electron chi connectivity index (χ2n) is 5.27. The molecule has 0 aliphatic heterocycles. The van der Waals surface area contributed by atoms with Crippen molar-refractivity contribution < 1.29 is 14.3 Å². The number of nitrogens with zero attached hydrogens (tertiary/aromatic N) is 1. The molecule has 0 spiro atoms. The van der Waals surface area contributed by atoms with Gasteiger partial charge in [0.25, 0.3) is 0 Å². The van der Waals surface area contributed by atoms with Crippen LogP contribution in [0.1, 0.15) is 25.7 Å². The normalized spacial score (nSPS) is 15.1. The molecule has 110 valence electrons. The number of hydrogen-bond donors (Lipinski definition) is 0. The molecule has 4 heteroatoms. The zero-order valence-corrected chi connectivity index (χ0v) is 12.3. The third kappa shape index (κ3) is 3.89. The first-order valence-electron chi connectivity index (χ1n) is 7.22. The van der Waals surface area contributed by atoms with Crippen molar-refractivity contribution >= 4 is 5.91 Å². The number of ether oxygens (including phenoxy) is 2. The van der Waals surface area contributed by atoms with Crippen LogP contribution in [0.4, 0.5) is 0 Å². The van der Waals surface area contributed by atoms with Gasteiger partial charge in [-0.3, -0.25) is 4.79 Å². The van der Waals surface area contributed by atoms with E-state index in [2.05, 4.69) is 0 Å². The highest BCUT2D eigenvalue weighted by Gasteiger charge is 2.25. The fourth-order valence-electron chi connectivity index (χ4n) is 2.57. The fraction of sp³-hybridized carbons (Fsp3) is 0.562. The number of methoxy groups -OCH3 is 1. The molecule has 0 unspecified atom stereocenters. The smallest absolute Gasteiger partial charge is 0.225 e. The lowest BCUT2D eigenvalue weighted by atomic mass is 10.1. The molecule has 1 saturated carbocycles. The molecule has 0 aromatic heterocycles. The summed E-state index contributed by atoms with van der Waals surface area (Å²) >= 11 is 0. The summed E-state index contributed by atoms with van der Waals surface area (Å²) in [4.78, 5) is 13.9. The number of amides is 1. The van der Waals surface area contributed by atoms with Crippen molar-refractivity contribution in [1.82, 2.24) is 4.90 Å². The molecule has 2 rings (SSSR count). The zero-order valence-electron chi connectivity index (χ0n) is 12.3. The maximum atomic E-state index is 12.1. The average molecular weight is 277 g/mol. The van der Waals surface area contributed by atoms with Crippen LogP contribution in [0.3, 0.4) is 0 Å². The second kappa shape index (κ2) is 7.17. The van der Waals surface area contributed by atoms with E-state index in [0.29, 0.717) is 13.2 Å². The highest BCUT2D eigenvalue weighted by molar-refractivity contribution is 5.78. The zero-order chi connectivity index (χ0) is 14.4. The van der Waals surface area contributed by atoms with Crippen LogP contribution in [0.15, 0.2) is 24.3 Å². The van der Waals surface area contributed by atoms with Gasteiger partial charge in [0.05, 0.1) is 13.7 Å². The van der Waals surface area contributed by atoms with E-state index in [1.807, 2.05) is 31.3 Å². The predicted octanol–water partition coefficient (Wildman–Crippen LogP) is 2.72. The van der Waals surface area contributed by atoms with Crippen molar-refractivity contribution in [1.29, 1.82) is 0 Å². The summed E-state index contributed by atoms with van der Waals surface area (Å²) in [5, 5.41) is 0. The summed E-state index contributed by atoms with van der Waals surface area (Å²) in [5.41, 5.74) is 0. The number of likely N-dealkylation sites (N-methyl/N-ethyl adjacent to an activating group) is 1. The first-order chi connectivity index (χ1) is 9.70. The maximum absolute atomic E-state index is 12.1. The number of carbonyl (C=O) groups excluding carboxylic acids is 1. The molecule has 0 heterocycles. The molecule has 0 saturated heterocycles. The van der Waals surface area contributed by atoms with E-state index >= 15 is 0 Å². The lowest BCUT2D eigenvalue weighted by Gasteiger charge is -2.21. The van der Waals surface area contributed by atoms with Gasteiger partial charge in [-0.25, -0.2) is 0 Å². The van der Waals surface area contributed by atoms with Gasteiger partial charge in [-0.15, -0.1) is 0 Å². The van der Waals surface area contributed by atoms with Crippen molar-refractivity contribution in [2.45, 2.75) is 25.7 Å². The third-order valence-electron chi connectivity index (χ3n) is 3.84. The Balaban J connectivity index is 1.72. The van der Waals surface area contributed by atoms with Gasteiger partial charge >= 0.3 is 0 Å². The number of rotatable bonds is 6. The quantitative estimate of drug-likeness (QED) is 0.802. The molecule has 0 radical (unpaired) electrons.